The van der Waals surface area contributed by atoms with Crippen molar-refractivity contribution in [2.75, 3.05) is 0 Å². The van der Waals surface area contributed by atoms with Gasteiger partial charge in [-0.25, -0.2) is 0 Å². The summed E-state index contributed by atoms with van der Waals surface area (Å²) < 4.78 is 0. The van der Waals surface area contributed by atoms with E-state index in [-0.39, 0.29) is 0 Å². The van der Waals surface area contributed by atoms with E-state index in [1.54, 1.807) is 0 Å². The molecule has 0 heterocycles. The Labute approximate surface area is 116 Å². The lowest BCUT2D eigenvalue weighted by Crippen LogP contribution is -2.38. The van der Waals surface area contributed by atoms with Crippen LogP contribution in [-0.2, 0) is 0 Å². The Morgan fingerprint density at radius 3 is 2.83 bits per heavy atom. The second-order valence-electron chi connectivity index (χ2n) is 6.40. The number of hydrogen-bond donors (Lipinski definition) is 1. The molecule has 0 radical (unpaired) electrons. The number of rotatable bonds is 3. The zero-order valence-electron chi connectivity index (χ0n) is 11.7. The Hall–Kier alpha value is -0.530. The van der Waals surface area contributed by atoms with Crippen LogP contribution in [0.2, 0.25) is 5.02 Å². The molecule has 0 bridgehead atoms. The molecule has 1 aliphatic rings. The van der Waals surface area contributed by atoms with E-state index in [1.165, 1.54) is 31.2 Å². The van der Waals surface area contributed by atoms with Crippen molar-refractivity contribution in [3.8, 4) is 0 Å². The van der Waals surface area contributed by atoms with Crippen LogP contribution in [0.25, 0.3) is 0 Å². The van der Waals surface area contributed by atoms with Crippen LogP contribution >= 0.6 is 11.6 Å². The van der Waals surface area contributed by atoms with Gasteiger partial charge in [-0.2, -0.15) is 0 Å². The van der Waals surface area contributed by atoms with Crippen molar-refractivity contribution in [3.63, 3.8) is 0 Å². The van der Waals surface area contributed by atoms with E-state index < -0.39 is 0 Å². The van der Waals surface area contributed by atoms with Gasteiger partial charge in [0.2, 0.25) is 0 Å². The highest BCUT2D eigenvalue weighted by atomic mass is 35.5. The monoisotopic (exact) mass is 265 g/mol. The minimum absolute atomic E-state index is 0.377. The van der Waals surface area contributed by atoms with E-state index in [0.717, 1.165) is 5.02 Å². The fourth-order valence-corrected chi connectivity index (χ4v) is 3.26. The van der Waals surface area contributed by atoms with Crippen LogP contribution in [0.3, 0.4) is 0 Å². The lowest BCUT2D eigenvalue weighted by Gasteiger charge is -2.37. The normalized spacial score (nSPS) is 24.8. The molecule has 100 valence electrons. The van der Waals surface area contributed by atoms with Gasteiger partial charge in [-0.05, 0) is 49.3 Å². The minimum atomic E-state index is 0.377. The van der Waals surface area contributed by atoms with E-state index in [2.05, 4.69) is 38.2 Å². The molecule has 0 saturated heterocycles. The van der Waals surface area contributed by atoms with Crippen molar-refractivity contribution < 1.29 is 0 Å². The number of halogens is 1. The summed E-state index contributed by atoms with van der Waals surface area (Å²) >= 11 is 6.05. The molecule has 1 N–H and O–H groups in total. The minimum Gasteiger partial charge on any atom is -0.307 e. The standard InChI is InChI=1S/C16H24ClN/c1-12(13-6-4-7-14(17)10-13)18-15-8-5-9-16(2,3)11-15/h4,6-7,10,12,15,18H,5,8-9,11H2,1-3H3. The fourth-order valence-electron chi connectivity index (χ4n) is 3.07. The lowest BCUT2D eigenvalue weighted by atomic mass is 9.75. The number of hydrogen-bond acceptors (Lipinski definition) is 1. The van der Waals surface area contributed by atoms with Crippen molar-refractivity contribution in [1.29, 1.82) is 0 Å². The highest BCUT2D eigenvalue weighted by Gasteiger charge is 2.28. The Kier molecular flexibility index (Phi) is 4.34. The summed E-state index contributed by atoms with van der Waals surface area (Å²) in [6.45, 7) is 6.99. The summed E-state index contributed by atoms with van der Waals surface area (Å²) in [4.78, 5) is 0. The van der Waals surface area contributed by atoms with Crippen LogP contribution < -0.4 is 5.32 Å². The third kappa shape index (κ3) is 3.73. The zero-order chi connectivity index (χ0) is 13.2. The molecule has 2 unspecified atom stereocenters. The summed E-state index contributed by atoms with van der Waals surface area (Å²) in [5.41, 5.74) is 1.77. The quantitative estimate of drug-likeness (QED) is 0.815. The molecule has 0 amide bonds. The van der Waals surface area contributed by atoms with Crippen LogP contribution in [0, 0.1) is 5.41 Å². The first-order valence-corrected chi connectivity index (χ1v) is 7.36. The molecular formula is C16H24ClN. The molecule has 2 rings (SSSR count). The molecule has 1 aromatic carbocycles. The van der Waals surface area contributed by atoms with E-state index in [1.807, 2.05) is 12.1 Å². The van der Waals surface area contributed by atoms with Gasteiger partial charge >= 0.3 is 0 Å². The van der Waals surface area contributed by atoms with E-state index in [0.29, 0.717) is 17.5 Å². The average molecular weight is 266 g/mol. The van der Waals surface area contributed by atoms with Gasteiger partial charge in [0.25, 0.3) is 0 Å². The van der Waals surface area contributed by atoms with E-state index in [9.17, 15) is 0 Å². The molecule has 1 aromatic rings. The number of nitrogens with one attached hydrogen (secondary N) is 1. The Balaban J connectivity index is 1.97. The van der Waals surface area contributed by atoms with Gasteiger partial charge < -0.3 is 5.32 Å². The molecule has 0 spiro atoms. The summed E-state index contributed by atoms with van der Waals surface area (Å²) in [6.07, 6.45) is 5.27. The molecular weight excluding hydrogens is 242 g/mol. The first kappa shape index (κ1) is 13.9. The predicted molar refractivity (Wildman–Crippen MR) is 79.0 cm³/mol. The van der Waals surface area contributed by atoms with E-state index >= 15 is 0 Å². The van der Waals surface area contributed by atoms with Crippen molar-refractivity contribution >= 4 is 11.6 Å². The third-order valence-corrected chi connectivity index (χ3v) is 4.27. The van der Waals surface area contributed by atoms with Gasteiger partial charge in [0.05, 0.1) is 0 Å². The average Bonchev–Trinajstić information content (AvgIpc) is 2.27. The van der Waals surface area contributed by atoms with Gasteiger partial charge in [-0.3, -0.25) is 0 Å². The summed E-state index contributed by atoms with van der Waals surface area (Å²) in [6, 6.07) is 9.19. The number of benzene rings is 1. The summed E-state index contributed by atoms with van der Waals surface area (Å²) in [5.74, 6) is 0. The van der Waals surface area contributed by atoms with Gasteiger partial charge in [0.1, 0.15) is 0 Å². The third-order valence-electron chi connectivity index (χ3n) is 4.04. The topological polar surface area (TPSA) is 12.0 Å². The molecule has 2 atom stereocenters. The maximum atomic E-state index is 6.05. The zero-order valence-corrected chi connectivity index (χ0v) is 12.4. The summed E-state index contributed by atoms with van der Waals surface area (Å²) in [7, 11) is 0. The second kappa shape index (κ2) is 5.63. The van der Waals surface area contributed by atoms with Crippen molar-refractivity contribution in [2.45, 2.75) is 58.5 Å². The van der Waals surface area contributed by atoms with Crippen molar-refractivity contribution in [3.05, 3.63) is 34.9 Å². The van der Waals surface area contributed by atoms with Crippen molar-refractivity contribution in [1.82, 2.24) is 5.32 Å². The summed E-state index contributed by atoms with van der Waals surface area (Å²) in [5, 5.41) is 4.58. The molecule has 1 fully saturated rings. The maximum absolute atomic E-state index is 6.05. The second-order valence-corrected chi connectivity index (χ2v) is 6.84. The van der Waals surface area contributed by atoms with Crippen molar-refractivity contribution in [2.24, 2.45) is 5.41 Å². The molecule has 0 aromatic heterocycles. The Morgan fingerprint density at radius 2 is 2.17 bits per heavy atom. The lowest BCUT2D eigenvalue weighted by molar-refractivity contribution is 0.191. The highest BCUT2D eigenvalue weighted by Crippen LogP contribution is 2.36. The van der Waals surface area contributed by atoms with Crippen LogP contribution in [0.5, 0.6) is 0 Å². The molecule has 1 saturated carbocycles. The molecule has 2 heteroatoms. The SMILES string of the molecule is CC(NC1CCCC(C)(C)C1)c1cccc(Cl)c1. The Bertz CT molecular complexity index is 400. The van der Waals surface area contributed by atoms with Crippen LogP contribution in [-0.4, -0.2) is 6.04 Å². The molecule has 1 aliphatic carbocycles. The molecule has 1 nitrogen and oxygen atoms in total. The largest absolute Gasteiger partial charge is 0.307 e. The smallest absolute Gasteiger partial charge is 0.0409 e. The van der Waals surface area contributed by atoms with Crippen LogP contribution in [0.4, 0.5) is 0 Å². The van der Waals surface area contributed by atoms with Crippen LogP contribution in [0.15, 0.2) is 24.3 Å². The van der Waals surface area contributed by atoms with Gasteiger partial charge in [-0.15, -0.1) is 0 Å². The van der Waals surface area contributed by atoms with Crippen LogP contribution in [0.1, 0.15) is 58.1 Å². The maximum Gasteiger partial charge on any atom is 0.0409 e. The first-order chi connectivity index (χ1) is 8.46. The van der Waals surface area contributed by atoms with Gasteiger partial charge in [0.15, 0.2) is 0 Å². The molecule has 18 heavy (non-hydrogen) atoms. The predicted octanol–water partition coefficient (Wildman–Crippen LogP) is 4.96. The van der Waals surface area contributed by atoms with Gasteiger partial charge in [-0.1, -0.05) is 44.0 Å². The highest BCUT2D eigenvalue weighted by molar-refractivity contribution is 6.30. The Morgan fingerprint density at radius 1 is 1.39 bits per heavy atom. The van der Waals surface area contributed by atoms with Gasteiger partial charge in [0, 0.05) is 17.1 Å². The van der Waals surface area contributed by atoms with E-state index in [4.69, 9.17) is 11.6 Å². The fraction of sp³-hybridized carbons (Fsp3) is 0.625. The molecule has 0 aliphatic heterocycles. The first-order valence-electron chi connectivity index (χ1n) is 6.98.